The molecular formula is C27H32N4O3. The highest BCUT2D eigenvalue weighted by molar-refractivity contribution is 6.05. The smallest absolute Gasteiger partial charge is 0.260 e. The summed E-state index contributed by atoms with van der Waals surface area (Å²) in [6.07, 6.45) is 3.22. The fourth-order valence-electron chi connectivity index (χ4n) is 4.66. The van der Waals surface area contributed by atoms with Gasteiger partial charge in [0.05, 0.1) is 22.8 Å². The highest BCUT2D eigenvalue weighted by Crippen LogP contribution is 2.25. The van der Waals surface area contributed by atoms with Crippen LogP contribution in [0.4, 0.5) is 5.69 Å². The van der Waals surface area contributed by atoms with Gasteiger partial charge in [0, 0.05) is 17.6 Å². The number of hydrogen-bond acceptors (Lipinski definition) is 4. The zero-order valence-corrected chi connectivity index (χ0v) is 20.2. The number of benzene rings is 2. The Morgan fingerprint density at radius 2 is 1.65 bits per heavy atom. The number of nitrogens with one attached hydrogen (secondary N) is 1. The van der Waals surface area contributed by atoms with Crippen LogP contribution in [-0.2, 0) is 4.79 Å². The van der Waals surface area contributed by atoms with Crippen molar-refractivity contribution in [3.63, 3.8) is 0 Å². The van der Waals surface area contributed by atoms with E-state index in [0.717, 1.165) is 36.3 Å². The van der Waals surface area contributed by atoms with Crippen LogP contribution >= 0.6 is 0 Å². The second-order valence-corrected chi connectivity index (χ2v) is 8.99. The molecule has 3 aromatic rings. The van der Waals surface area contributed by atoms with Gasteiger partial charge in [-0.3, -0.25) is 9.59 Å². The number of ether oxygens (including phenoxy) is 1. The summed E-state index contributed by atoms with van der Waals surface area (Å²) < 4.78 is 7.55. The van der Waals surface area contributed by atoms with Gasteiger partial charge in [0.2, 0.25) is 0 Å². The summed E-state index contributed by atoms with van der Waals surface area (Å²) in [7, 11) is 0. The van der Waals surface area contributed by atoms with E-state index < -0.39 is 0 Å². The molecule has 2 atom stereocenters. The number of hydrogen-bond donors (Lipinski definition) is 1. The van der Waals surface area contributed by atoms with Crippen molar-refractivity contribution in [2.75, 3.05) is 11.9 Å². The monoisotopic (exact) mass is 460 g/mol. The van der Waals surface area contributed by atoms with Crippen LogP contribution in [0.1, 0.15) is 54.9 Å². The van der Waals surface area contributed by atoms with E-state index in [4.69, 9.17) is 4.74 Å². The first kappa shape index (κ1) is 23.5. The average molecular weight is 461 g/mol. The number of piperidine rings is 1. The van der Waals surface area contributed by atoms with Crippen LogP contribution in [-0.4, -0.2) is 45.2 Å². The summed E-state index contributed by atoms with van der Waals surface area (Å²) in [4.78, 5) is 27.5. The first-order valence-electron chi connectivity index (χ1n) is 11.8. The second-order valence-electron chi connectivity index (χ2n) is 8.99. The van der Waals surface area contributed by atoms with Gasteiger partial charge >= 0.3 is 0 Å². The van der Waals surface area contributed by atoms with Crippen molar-refractivity contribution in [1.82, 2.24) is 14.7 Å². The Kier molecular flexibility index (Phi) is 7.01. The molecule has 2 amide bonds. The zero-order chi connectivity index (χ0) is 24.2. The molecule has 1 aliphatic heterocycles. The van der Waals surface area contributed by atoms with Crippen LogP contribution < -0.4 is 10.1 Å². The second kappa shape index (κ2) is 10.1. The van der Waals surface area contributed by atoms with Crippen LogP contribution in [0.15, 0.2) is 54.6 Å². The molecule has 0 bridgehead atoms. The maximum Gasteiger partial charge on any atom is 0.260 e. The molecule has 4 rings (SSSR count). The largest absolute Gasteiger partial charge is 0.484 e. The highest BCUT2D eigenvalue weighted by Gasteiger charge is 2.29. The molecule has 7 nitrogen and oxygen atoms in total. The normalized spacial score (nSPS) is 17.9. The Bertz CT molecular complexity index is 1140. The van der Waals surface area contributed by atoms with Crippen LogP contribution in [0.5, 0.6) is 5.75 Å². The average Bonchev–Trinajstić information content (AvgIpc) is 3.12. The Labute approximate surface area is 200 Å². The van der Waals surface area contributed by atoms with E-state index in [9.17, 15) is 9.59 Å². The standard InChI is InChI=1S/C27H32N4O3/c1-18-9-8-10-19(2)30(18)25(32)17-34-24-15-13-22(14-16-24)27(33)28-26-20(3)29-31(21(26)4)23-11-6-5-7-12-23/h5-7,11-16,18-19H,8-10,17H2,1-4H3,(H,28,33). The minimum Gasteiger partial charge on any atom is -0.484 e. The number of anilines is 1. The van der Waals surface area contributed by atoms with Crippen molar-refractivity contribution < 1.29 is 14.3 Å². The molecule has 178 valence electrons. The topological polar surface area (TPSA) is 76.5 Å². The van der Waals surface area contributed by atoms with E-state index in [-0.39, 0.29) is 30.5 Å². The number of carbonyl (C=O) groups excluding carboxylic acids is 2. The van der Waals surface area contributed by atoms with E-state index in [1.807, 2.05) is 53.8 Å². The lowest BCUT2D eigenvalue weighted by molar-refractivity contribution is -0.139. The molecule has 1 aliphatic rings. The van der Waals surface area contributed by atoms with Crippen LogP contribution in [0.2, 0.25) is 0 Å². The van der Waals surface area contributed by atoms with Crippen LogP contribution in [0, 0.1) is 13.8 Å². The van der Waals surface area contributed by atoms with Gasteiger partial charge in [0.25, 0.3) is 11.8 Å². The number of carbonyl (C=O) groups is 2. The maximum absolute atomic E-state index is 12.9. The third-order valence-electron chi connectivity index (χ3n) is 6.49. The molecule has 1 saturated heterocycles. The zero-order valence-electron chi connectivity index (χ0n) is 20.2. The highest BCUT2D eigenvalue weighted by atomic mass is 16.5. The van der Waals surface area contributed by atoms with Crippen molar-refractivity contribution in [1.29, 1.82) is 0 Å². The molecule has 7 heteroatoms. The van der Waals surface area contributed by atoms with Crippen molar-refractivity contribution >= 4 is 17.5 Å². The number of aromatic nitrogens is 2. The summed E-state index contributed by atoms with van der Waals surface area (Å²) in [5.41, 5.74) is 3.74. The molecule has 1 N–H and O–H groups in total. The van der Waals surface area contributed by atoms with Gasteiger partial charge in [-0.1, -0.05) is 18.2 Å². The third kappa shape index (κ3) is 4.98. The number of likely N-dealkylation sites (tertiary alicyclic amines) is 1. The summed E-state index contributed by atoms with van der Waals surface area (Å²) >= 11 is 0. The van der Waals surface area contributed by atoms with E-state index in [0.29, 0.717) is 17.0 Å². The van der Waals surface area contributed by atoms with E-state index >= 15 is 0 Å². The predicted molar refractivity (Wildman–Crippen MR) is 133 cm³/mol. The van der Waals surface area contributed by atoms with Crippen molar-refractivity contribution in [2.24, 2.45) is 0 Å². The maximum atomic E-state index is 12.9. The van der Waals surface area contributed by atoms with Gasteiger partial charge in [-0.15, -0.1) is 0 Å². The van der Waals surface area contributed by atoms with Gasteiger partial charge in [0.1, 0.15) is 5.75 Å². The molecule has 0 spiro atoms. The molecular weight excluding hydrogens is 428 g/mol. The molecule has 34 heavy (non-hydrogen) atoms. The molecule has 0 aliphatic carbocycles. The molecule has 0 saturated carbocycles. The first-order valence-corrected chi connectivity index (χ1v) is 11.8. The van der Waals surface area contributed by atoms with Gasteiger partial charge in [-0.25, -0.2) is 4.68 Å². The SMILES string of the molecule is Cc1nn(-c2ccccc2)c(C)c1NC(=O)c1ccc(OCC(=O)N2C(C)CCCC2C)cc1. The van der Waals surface area contributed by atoms with Gasteiger partial charge < -0.3 is 15.0 Å². The Morgan fingerprint density at radius 1 is 1.00 bits per heavy atom. The number of aryl methyl sites for hydroxylation is 1. The minimum atomic E-state index is -0.225. The minimum absolute atomic E-state index is 0.00268. The molecule has 2 aromatic carbocycles. The lowest BCUT2D eigenvalue weighted by Gasteiger charge is -2.38. The summed E-state index contributed by atoms with van der Waals surface area (Å²) in [5, 5.41) is 7.56. The van der Waals surface area contributed by atoms with Gasteiger partial charge in [-0.2, -0.15) is 5.10 Å². The first-order chi connectivity index (χ1) is 16.3. The van der Waals surface area contributed by atoms with Gasteiger partial charge in [0.15, 0.2) is 6.61 Å². The summed E-state index contributed by atoms with van der Waals surface area (Å²) in [6, 6.07) is 17.1. The number of rotatable bonds is 6. The van der Waals surface area contributed by atoms with Crippen molar-refractivity contribution in [2.45, 2.75) is 59.0 Å². The van der Waals surface area contributed by atoms with Crippen LogP contribution in [0.3, 0.4) is 0 Å². The Hall–Kier alpha value is -3.61. The fourth-order valence-corrected chi connectivity index (χ4v) is 4.66. The lowest BCUT2D eigenvalue weighted by Crippen LogP contribution is -2.49. The predicted octanol–water partition coefficient (Wildman–Crippen LogP) is 4.91. The number of nitrogens with zero attached hydrogens (tertiary/aromatic N) is 3. The summed E-state index contributed by atoms with van der Waals surface area (Å²) in [6.45, 7) is 7.99. The fraction of sp³-hybridized carbons (Fsp3) is 0.370. The lowest BCUT2D eigenvalue weighted by atomic mass is 9.97. The quantitative estimate of drug-likeness (QED) is 0.567. The van der Waals surface area contributed by atoms with Crippen molar-refractivity contribution in [3.8, 4) is 11.4 Å². The van der Waals surface area contributed by atoms with E-state index in [1.165, 1.54) is 0 Å². The Morgan fingerprint density at radius 3 is 2.29 bits per heavy atom. The molecule has 2 unspecified atom stereocenters. The van der Waals surface area contributed by atoms with Crippen LogP contribution in [0.25, 0.3) is 5.69 Å². The van der Waals surface area contributed by atoms with E-state index in [2.05, 4.69) is 24.3 Å². The molecule has 0 radical (unpaired) electrons. The third-order valence-corrected chi connectivity index (χ3v) is 6.49. The Balaban J connectivity index is 1.38. The molecule has 2 heterocycles. The number of amides is 2. The number of para-hydroxylation sites is 1. The van der Waals surface area contributed by atoms with E-state index in [1.54, 1.807) is 24.3 Å². The van der Waals surface area contributed by atoms with Gasteiger partial charge in [-0.05, 0) is 83.4 Å². The summed E-state index contributed by atoms with van der Waals surface area (Å²) in [5.74, 6) is 0.340. The molecule has 1 aromatic heterocycles. The van der Waals surface area contributed by atoms with Crippen molar-refractivity contribution in [3.05, 3.63) is 71.5 Å². The molecule has 1 fully saturated rings.